The third kappa shape index (κ3) is 1.67. The summed E-state index contributed by atoms with van der Waals surface area (Å²) in [6.07, 6.45) is 2.54. The monoisotopic (exact) mass is 191 g/mol. The quantitative estimate of drug-likeness (QED) is 0.753. The first-order valence-electron chi connectivity index (χ1n) is 5.16. The van der Waals surface area contributed by atoms with E-state index < -0.39 is 0 Å². The minimum Gasteiger partial charge on any atom is -0.396 e. The van der Waals surface area contributed by atoms with E-state index in [1.165, 1.54) is 12.8 Å². The molecule has 14 heavy (non-hydrogen) atoms. The molecule has 3 nitrogen and oxygen atoms in total. The van der Waals surface area contributed by atoms with E-state index in [0.717, 1.165) is 23.1 Å². The molecule has 0 aromatic carbocycles. The summed E-state index contributed by atoms with van der Waals surface area (Å²) in [4.78, 5) is 4.39. The molecule has 0 bridgehead atoms. The summed E-state index contributed by atoms with van der Waals surface area (Å²) in [5.74, 6) is 1.60. The highest BCUT2D eigenvalue weighted by Crippen LogP contribution is 2.30. The van der Waals surface area contributed by atoms with Gasteiger partial charge < -0.3 is 11.1 Å². The third-order valence-corrected chi connectivity index (χ3v) is 3.01. The lowest BCUT2D eigenvalue weighted by molar-refractivity contribution is 0.303. The normalized spacial score (nSPS) is 25.6. The first kappa shape index (κ1) is 9.31. The Morgan fingerprint density at radius 2 is 2.21 bits per heavy atom. The number of rotatable bonds is 2. The first-order chi connectivity index (χ1) is 6.66. The molecule has 1 aromatic heterocycles. The average Bonchev–Trinajstić information content (AvgIpc) is 2.17. The van der Waals surface area contributed by atoms with Crippen LogP contribution in [0.1, 0.15) is 25.5 Å². The molecule has 1 heterocycles. The molecule has 1 aromatic rings. The summed E-state index contributed by atoms with van der Waals surface area (Å²) in [7, 11) is 0. The zero-order valence-corrected chi connectivity index (χ0v) is 8.75. The maximum Gasteiger partial charge on any atom is 0.149 e. The first-order valence-corrected chi connectivity index (χ1v) is 5.16. The minimum atomic E-state index is 0.562. The van der Waals surface area contributed by atoms with Crippen molar-refractivity contribution in [2.75, 3.05) is 11.1 Å². The van der Waals surface area contributed by atoms with E-state index in [-0.39, 0.29) is 0 Å². The van der Waals surface area contributed by atoms with Crippen molar-refractivity contribution in [3.05, 3.63) is 17.8 Å². The van der Waals surface area contributed by atoms with Gasteiger partial charge in [-0.05, 0) is 37.8 Å². The number of pyridine rings is 1. The van der Waals surface area contributed by atoms with Crippen molar-refractivity contribution in [1.29, 1.82) is 0 Å². The van der Waals surface area contributed by atoms with Gasteiger partial charge in [0.05, 0.1) is 5.69 Å². The van der Waals surface area contributed by atoms with E-state index >= 15 is 0 Å². The molecule has 3 heteroatoms. The number of hydrogen-bond acceptors (Lipinski definition) is 3. The van der Waals surface area contributed by atoms with Crippen LogP contribution in [0.2, 0.25) is 0 Å². The van der Waals surface area contributed by atoms with E-state index in [9.17, 15) is 0 Å². The number of aromatic nitrogens is 1. The molecule has 2 atom stereocenters. The number of aryl methyl sites for hydroxylation is 1. The fourth-order valence-electron chi connectivity index (χ4n) is 1.74. The number of nitrogen functional groups attached to an aromatic ring is 1. The molecule has 2 unspecified atom stereocenters. The number of nitrogens with one attached hydrogen (secondary N) is 1. The van der Waals surface area contributed by atoms with Crippen LogP contribution in [0.25, 0.3) is 0 Å². The van der Waals surface area contributed by atoms with E-state index in [1.54, 1.807) is 0 Å². The Morgan fingerprint density at radius 1 is 1.43 bits per heavy atom. The lowest BCUT2D eigenvalue weighted by Crippen LogP contribution is -2.36. The maximum atomic E-state index is 5.84. The molecule has 1 saturated carbocycles. The van der Waals surface area contributed by atoms with Gasteiger partial charge in [0.2, 0.25) is 0 Å². The lowest BCUT2D eigenvalue weighted by Gasteiger charge is -2.35. The van der Waals surface area contributed by atoms with Crippen LogP contribution in [-0.2, 0) is 0 Å². The zero-order valence-electron chi connectivity index (χ0n) is 8.75. The SMILES string of the molecule is Cc1ccc(N)c(NC2CCC2C)n1. The lowest BCUT2D eigenvalue weighted by atomic mass is 9.81. The Hall–Kier alpha value is -1.25. The van der Waals surface area contributed by atoms with Crippen LogP contribution in [0.15, 0.2) is 12.1 Å². The van der Waals surface area contributed by atoms with Crippen LogP contribution in [0.3, 0.4) is 0 Å². The summed E-state index contributed by atoms with van der Waals surface area (Å²) in [6, 6.07) is 4.41. The van der Waals surface area contributed by atoms with Crippen molar-refractivity contribution >= 4 is 11.5 Å². The van der Waals surface area contributed by atoms with Gasteiger partial charge in [0.1, 0.15) is 5.82 Å². The van der Waals surface area contributed by atoms with Gasteiger partial charge in [-0.3, -0.25) is 0 Å². The van der Waals surface area contributed by atoms with Gasteiger partial charge in [-0.15, -0.1) is 0 Å². The van der Waals surface area contributed by atoms with Gasteiger partial charge in [0, 0.05) is 11.7 Å². The molecule has 0 saturated heterocycles. The largest absolute Gasteiger partial charge is 0.396 e. The number of anilines is 2. The van der Waals surface area contributed by atoms with Crippen molar-refractivity contribution in [2.24, 2.45) is 5.92 Å². The fraction of sp³-hybridized carbons (Fsp3) is 0.545. The molecule has 3 N–H and O–H groups in total. The third-order valence-electron chi connectivity index (χ3n) is 3.01. The van der Waals surface area contributed by atoms with Crippen LogP contribution < -0.4 is 11.1 Å². The average molecular weight is 191 g/mol. The summed E-state index contributed by atoms with van der Waals surface area (Å²) in [5, 5.41) is 3.40. The van der Waals surface area contributed by atoms with Crippen molar-refractivity contribution in [3.8, 4) is 0 Å². The fourth-order valence-corrected chi connectivity index (χ4v) is 1.74. The Kier molecular flexibility index (Phi) is 2.32. The highest BCUT2D eigenvalue weighted by molar-refractivity contribution is 5.61. The summed E-state index contributed by atoms with van der Waals surface area (Å²) < 4.78 is 0. The van der Waals surface area contributed by atoms with Crippen molar-refractivity contribution < 1.29 is 0 Å². The van der Waals surface area contributed by atoms with Crippen LogP contribution in [0.4, 0.5) is 11.5 Å². The minimum absolute atomic E-state index is 0.562. The second kappa shape index (κ2) is 3.48. The van der Waals surface area contributed by atoms with Crippen molar-refractivity contribution in [2.45, 2.75) is 32.7 Å². The van der Waals surface area contributed by atoms with Gasteiger partial charge >= 0.3 is 0 Å². The summed E-state index contributed by atoms with van der Waals surface area (Å²) >= 11 is 0. The Morgan fingerprint density at radius 3 is 2.79 bits per heavy atom. The molecule has 2 rings (SSSR count). The molecule has 1 fully saturated rings. The van der Waals surface area contributed by atoms with E-state index in [0.29, 0.717) is 6.04 Å². The maximum absolute atomic E-state index is 5.84. The Labute approximate surface area is 84.7 Å². The van der Waals surface area contributed by atoms with Gasteiger partial charge in [-0.1, -0.05) is 6.92 Å². The van der Waals surface area contributed by atoms with Crippen molar-refractivity contribution in [3.63, 3.8) is 0 Å². The van der Waals surface area contributed by atoms with E-state index in [4.69, 9.17) is 5.73 Å². The van der Waals surface area contributed by atoms with E-state index in [2.05, 4.69) is 17.2 Å². The van der Waals surface area contributed by atoms with Gasteiger partial charge in [0.25, 0.3) is 0 Å². The predicted octanol–water partition coefficient (Wildman–Crippen LogP) is 2.18. The predicted molar refractivity (Wildman–Crippen MR) is 59.2 cm³/mol. The molecule has 0 spiro atoms. The molecular formula is C11H17N3. The molecule has 0 amide bonds. The van der Waals surface area contributed by atoms with Crippen LogP contribution in [0, 0.1) is 12.8 Å². The molecule has 0 radical (unpaired) electrons. The standard InChI is InChI=1S/C11H17N3/c1-7-3-6-10(7)14-11-9(12)5-4-8(2)13-11/h4-5,7,10H,3,6,12H2,1-2H3,(H,13,14). The van der Waals surface area contributed by atoms with Gasteiger partial charge in [-0.2, -0.15) is 0 Å². The van der Waals surface area contributed by atoms with E-state index in [1.807, 2.05) is 19.1 Å². The second-order valence-electron chi connectivity index (χ2n) is 4.20. The molecule has 1 aliphatic carbocycles. The summed E-state index contributed by atoms with van der Waals surface area (Å²) in [5.41, 5.74) is 7.59. The zero-order chi connectivity index (χ0) is 10.1. The Bertz CT molecular complexity index is 335. The highest BCUT2D eigenvalue weighted by Gasteiger charge is 2.27. The topological polar surface area (TPSA) is 50.9 Å². The summed E-state index contributed by atoms with van der Waals surface area (Å²) in [6.45, 7) is 4.24. The van der Waals surface area contributed by atoms with Crippen molar-refractivity contribution in [1.82, 2.24) is 4.98 Å². The van der Waals surface area contributed by atoms with Crippen LogP contribution in [-0.4, -0.2) is 11.0 Å². The number of nitrogens with two attached hydrogens (primary N) is 1. The second-order valence-corrected chi connectivity index (χ2v) is 4.20. The smallest absolute Gasteiger partial charge is 0.149 e. The number of nitrogens with zero attached hydrogens (tertiary/aromatic N) is 1. The molecule has 0 aliphatic heterocycles. The van der Waals surface area contributed by atoms with Gasteiger partial charge in [-0.25, -0.2) is 4.98 Å². The molecular weight excluding hydrogens is 174 g/mol. The Balaban J connectivity index is 2.11. The van der Waals surface area contributed by atoms with Crippen LogP contribution in [0.5, 0.6) is 0 Å². The molecule has 1 aliphatic rings. The molecule has 76 valence electrons. The van der Waals surface area contributed by atoms with Crippen LogP contribution >= 0.6 is 0 Å². The van der Waals surface area contributed by atoms with Gasteiger partial charge in [0.15, 0.2) is 0 Å². The highest BCUT2D eigenvalue weighted by atomic mass is 15.0. The number of hydrogen-bond donors (Lipinski definition) is 2.